The van der Waals surface area contributed by atoms with Crippen molar-refractivity contribution in [2.24, 2.45) is 5.41 Å². The van der Waals surface area contributed by atoms with Crippen molar-refractivity contribution in [1.82, 2.24) is 14.7 Å². The number of carbonyl (C=O) groups is 3. The highest BCUT2D eigenvalue weighted by molar-refractivity contribution is 5.74. The van der Waals surface area contributed by atoms with E-state index >= 15 is 0 Å². The highest BCUT2D eigenvalue weighted by Crippen LogP contribution is 2.47. The maximum absolute atomic E-state index is 12.7. The van der Waals surface area contributed by atoms with E-state index in [0.717, 1.165) is 78.2 Å². The quantitative estimate of drug-likeness (QED) is 0.200. The van der Waals surface area contributed by atoms with Gasteiger partial charge in [-0.3, -0.25) is 9.69 Å². The number of hydrogen-bond acceptors (Lipinski definition) is 8. The normalized spacial score (nSPS) is 19.0. The molecule has 0 N–H and O–H groups in total. The van der Waals surface area contributed by atoms with E-state index in [0.29, 0.717) is 37.8 Å². The second-order valence-corrected chi connectivity index (χ2v) is 15.9. The number of likely N-dealkylation sites (tertiary alicyclic amines) is 3. The number of methoxy groups -OCH3 is 2. The van der Waals surface area contributed by atoms with E-state index in [1.807, 2.05) is 24.3 Å². The fourth-order valence-corrected chi connectivity index (χ4v) is 8.32. The Labute approximate surface area is 355 Å². The molecule has 1 saturated carbocycles. The minimum atomic E-state index is -5.72. The van der Waals surface area contributed by atoms with Gasteiger partial charge < -0.3 is 28.7 Å². The van der Waals surface area contributed by atoms with E-state index in [9.17, 15) is 67.1 Å². The van der Waals surface area contributed by atoms with Crippen molar-refractivity contribution in [2.75, 3.05) is 46.9 Å². The summed E-state index contributed by atoms with van der Waals surface area (Å²) in [5.74, 6) is 1.51. The van der Waals surface area contributed by atoms with Crippen LogP contribution in [0.4, 0.5) is 62.3 Å². The number of halogens is 12. The summed E-state index contributed by atoms with van der Waals surface area (Å²) in [6, 6.07) is 14.5. The fourth-order valence-electron chi connectivity index (χ4n) is 8.32. The number of amides is 2. The molecule has 10 nitrogen and oxygen atoms in total. The molecule has 354 valence electrons. The Morgan fingerprint density at radius 1 is 0.571 bits per heavy atom. The molecule has 3 saturated heterocycles. The molecule has 2 spiro atoms. The van der Waals surface area contributed by atoms with Gasteiger partial charge in [0.2, 0.25) is 0 Å². The molecule has 4 aliphatic rings. The number of ether oxygens (including phenoxy) is 4. The lowest BCUT2D eigenvalue weighted by Crippen LogP contribution is -2.54. The molecule has 22 heteroatoms. The van der Waals surface area contributed by atoms with E-state index in [1.54, 1.807) is 38.5 Å². The van der Waals surface area contributed by atoms with Crippen LogP contribution in [-0.2, 0) is 16.0 Å². The van der Waals surface area contributed by atoms with Gasteiger partial charge in [0.1, 0.15) is 17.8 Å². The van der Waals surface area contributed by atoms with Crippen LogP contribution in [-0.4, -0.2) is 123 Å². The van der Waals surface area contributed by atoms with E-state index < -0.39 is 49.1 Å². The van der Waals surface area contributed by atoms with Gasteiger partial charge in [-0.25, -0.2) is 9.59 Å². The largest absolute Gasteiger partial charge is 0.497 e. The van der Waals surface area contributed by atoms with Crippen molar-refractivity contribution in [3.8, 4) is 11.5 Å². The van der Waals surface area contributed by atoms with Gasteiger partial charge in [-0.2, -0.15) is 52.7 Å². The van der Waals surface area contributed by atoms with Crippen molar-refractivity contribution in [3.05, 3.63) is 59.7 Å². The summed E-state index contributed by atoms with van der Waals surface area (Å²) >= 11 is 0. The first-order valence-corrected chi connectivity index (χ1v) is 20.0. The van der Waals surface area contributed by atoms with Gasteiger partial charge in [0.05, 0.1) is 14.2 Å². The van der Waals surface area contributed by atoms with Crippen LogP contribution in [0.25, 0.3) is 0 Å². The molecule has 2 aromatic carbocycles. The monoisotopic (exact) mass is 923 g/mol. The Bertz CT molecular complexity index is 1740. The van der Waals surface area contributed by atoms with Gasteiger partial charge in [0, 0.05) is 43.8 Å². The minimum Gasteiger partial charge on any atom is -0.497 e. The molecule has 1 aliphatic carbocycles. The molecule has 63 heavy (non-hydrogen) atoms. The molecule has 3 heterocycles. The molecule has 0 radical (unpaired) electrons. The number of benzene rings is 2. The highest BCUT2D eigenvalue weighted by atomic mass is 19.4. The highest BCUT2D eigenvalue weighted by Gasteiger charge is 2.61. The van der Waals surface area contributed by atoms with Crippen molar-refractivity contribution in [2.45, 2.75) is 113 Å². The zero-order chi connectivity index (χ0) is 46.9. The molecule has 3 aliphatic heterocycles. The van der Waals surface area contributed by atoms with Crippen LogP contribution in [0.3, 0.4) is 0 Å². The summed E-state index contributed by atoms with van der Waals surface area (Å²) in [5, 5.41) is 0. The number of aldehydes is 1. The van der Waals surface area contributed by atoms with Crippen molar-refractivity contribution >= 4 is 18.5 Å². The van der Waals surface area contributed by atoms with E-state index in [1.165, 1.54) is 0 Å². The zero-order valence-corrected chi connectivity index (χ0v) is 34.4. The first-order chi connectivity index (χ1) is 29.3. The molecular weight excluding hydrogens is 874 g/mol. The Kier molecular flexibility index (Phi) is 16.9. The molecule has 0 aromatic heterocycles. The Morgan fingerprint density at radius 2 is 0.968 bits per heavy atom. The van der Waals surface area contributed by atoms with Crippen molar-refractivity contribution in [1.29, 1.82) is 0 Å². The minimum absolute atomic E-state index is 0.0420. The van der Waals surface area contributed by atoms with Gasteiger partial charge in [-0.05, 0) is 105 Å². The third-order valence-electron chi connectivity index (χ3n) is 11.9. The predicted molar refractivity (Wildman–Crippen MR) is 201 cm³/mol. The maximum atomic E-state index is 12.7. The van der Waals surface area contributed by atoms with Gasteiger partial charge in [-0.15, -0.1) is 0 Å². The summed E-state index contributed by atoms with van der Waals surface area (Å²) < 4.78 is 168. The molecule has 4 fully saturated rings. The Hall–Kier alpha value is -4.63. The average Bonchev–Trinajstić information content (AvgIpc) is 3.84. The number of alkyl halides is 12. The molecule has 2 amide bonds. The molecule has 0 unspecified atom stereocenters. The summed E-state index contributed by atoms with van der Waals surface area (Å²) in [7, 11) is 3.17. The van der Waals surface area contributed by atoms with Crippen molar-refractivity contribution in [3.63, 3.8) is 0 Å². The second kappa shape index (κ2) is 20.9. The zero-order valence-electron chi connectivity index (χ0n) is 34.4. The summed E-state index contributed by atoms with van der Waals surface area (Å²) in [5.41, 5.74) is 1.61. The van der Waals surface area contributed by atoms with Gasteiger partial charge >= 0.3 is 36.9 Å². The van der Waals surface area contributed by atoms with Gasteiger partial charge in [0.25, 0.3) is 12.2 Å². The van der Waals surface area contributed by atoms with Crippen LogP contribution in [0.15, 0.2) is 48.5 Å². The lowest BCUT2D eigenvalue weighted by atomic mass is 9.77. The average molecular weight is 924 g/mol. The topological polar surface area (TPSA) is 97.8 Å². The number of carbonyl (C=O) groups excluding carboxylic acids is 3. The molecule has 6 rings (SSSR count). The lowest BCUT2D eigenvalue weighted by Gasteiger charge is -2.45. The fraction of sp³-hybridized carbons (Fsp3) is 0.634. The Balaban J connectivity index is 0.000000235. The van der Waals surface area contributed by atoms with Crippen LogP contribution < -0.4 is 9.47 Å². The van der Waals surface area contributed by atoms with Crippen LogP contribution in [0.5, 0.6) is 11.5 Å². The van der Waals surface area contributed by atoms with Gasteiger partial charge in [0.15, 0.2) is 0 Å². The number of nitrogens with zero attached hydrogens (tertiary/aromatic N) is 3. The predicted octanol–water partition coefficient (Wildman–Crippen LogP) is 10.5. The van der Waals surface area contributed by atoms with Gasteiger partial charge in [-0.1, -0.05) is 25.0 Å². The third-order valence-corrected chi connectivity index (χ3v) is 11.9. The first-order valence-electron chi connectivity index (χ1n) is 20.0. The van der Waals surface area contributed by atoms with Crippen molar-refractivity contribution < 1.29 is 86.0 Å². The SMILES string of the molecule is COc1ccc(C=O)cc1.COc1ccc(CN2CCCC23CCN(C(=O)OC(C(F)(F)F)C(F)(F)F)CC3)cc1.O=C(OC(C(F)(F)F)C(F)(F)F)N1CCC2(CCCC2)CC1. The van der Waals surface area contributed by atoms with E-state index in [4.69, 9.17) is 9.47 Å². The summed E-state index contributed by atoms with van der Waals surface area (Å²) in [6.45, 7) is 1.86. The van der Waals surface area contributed by atoms with Crippen LogP contribution >= 0.6 is 0 Å². The van der Waals surface area contributed by atoms with Crippen LogP contribution in [0.1, 0.15) is 80.1 Å². The molecular formula is C41H49F12N3O7. The van der Waals surface area contributed by atoms with E-state index in [-0.39, 0.29) is 37.1 Å². The summed E-state index contributed by atoms with van der Waals surface area (Å²) in [4.78, 5) is 37.9. The number of rotatable bonds is 7. The van der Waals surface area contributed by atoms with Crippen LogP contribution in [0, 0.1) is 5.41 Å². The van der Waals surface area contributed by atoms with Crippen LogP contribution in [0.2, 0.25) is 0 Å². The smallest absolute Gasteiger partial charge is 0.434 e. The second-order valence-electron chi connectivity index (χ2n) is 15.9. The third kappa shape index (κ3) is 14.2. The Morgan fingerprint density at radius 3 is 1.35 bits per heavy atom. The molecule has 0 bridgehead atoms. The molecule has 2 aromatic rings. The maximum Gasteiger partial charge on any atom is 0.434 e. The molecule has 0 atom stereocenters. The van der Waals surface area contributed by atoms with E-state index in [2.05, 4.69) is 14.4 Å². The lowest BCUT2D eigenvalue weighted by molar-refractivity contribution is -0.309. The standard InChI is InChI=1S/C20H24F6N2O3.C13H17F6NO2.C8H8O2/c1-30-15-5-3-14(4-6-15)13-28-10-2-7-18(28)8-11-27(12-9-18)17(29)31-16(19(21,22)23)20(24,25)26;14-12(15,16)9(13(17,18)19)22-10(21)20-7-5-11(6-8-20)3-1-2-4-11;1-10-8-4-2-7(6-9)3-5-8/h3-6,16H,2,7-13H2,1H3;9H,1-8H2;2-6H,1H3. The number of piperidine rings is 2. The number of hydrogen-bond donors (Lipinski definition) is 0. The first kappa shape index (κ1) is 51.0. The summed E-state index contributed by atoms with van der Waals surface area (Å²) in [6.07, 6.45) is -25.2.